The van der Waals surface area contributed by atoms with Gasteiger partial charge in [-0.25, -0.2) is 0 Å². The van der Waals surface area contributed by atoms with Crippen LogP contribution in [0.4, 0.5) is 0 Å². The standard InChI is InChI=1S/C7H14O4/c1-4-5(9)3-11-6(2-8)7(4)10/h4-10H,2-3H2,1H3/t4-,5?,6?,7-/m0/s1. The van der Waals surface area contributed by atoms with Gasteiger partial charge in [-0.3, -0.25) is 0 Å². The molecule has 0 saturated carbocycles. The molecule has 0 radical (unpaired) electrons. The number of aliphatic hydroxyl groups excluding tert-OH is 3. The van der Waals surface area contributed by atoms with Gasteiger partial charge in [0.05, 0.1) is 25.4 Å². The van der Waals surface area contributed by atoms with Crippen LogP contribution in [0.15, 0.2) is 0 Å². The van der Waals surface area contributed by atoms with E-state index in [1.807, 2.05) is 0 Å². The highest BCUT2D eigenvalue weighted by Gasteiger charge is 2.34. The lowest BCUT2D eigenvalue weighted by molar-refractivity contribution is -0.165. The lowest BCUT2D eigenvalue weighted by Gasteiger charge is -2.35. The molecule has 1 fully saturated rings. The Morgan fingerprint density at radius 3 is 2.64 bits per heavy atom. The van der Waals surface area contributed by atoms with Crippen molar-refractivity contribution in [2.24, 2.45) is 5.92 Å². The van der Waals surface area contributed by atoms with Crippen molar-refractivity contribution in [3.8, 4) is 0 Å². The Labute approximate surface area is 65.4 Å². The normalized spacial score (nSPS) is 45.8. The molecule has 0 aromatic rings. The molecule has 4 heteroatoms. The summed E-state index contributed by atoms with van der Waals surface area (Å²) in [4.78, 5) is 0. The van der Waals surface area contributed by atoms with E-state index in [0.29, 0.717) is 0 Å². The number of hydrogen-bond donors (Lipinski definition) is 3. The molecule has 66 valence electrons. The van der Waals surface area contributed by atoms with E-state index in [-0.39, 0.29) is 19.1 Å². The topological polar surface area (TPSA) is 69.9 Å². The van der Waals surface area contributed by atoms with Crippen molar-refractivity contribution in [3.05, 3.63) is 0 Å². The van der Waals surface area contributed by atoms with Crippen LogP contribution in [0.2, 0.25) is 0 Å². The van der Waals surface area contributed by atoms with Crippen LogP contribution in [0.25, 0.3) is 0 Å². The van der Waals surface area contributed by atoms with Crippen molar-refractivity contribution in [1.29, 1.82) is 0 Å². The predicted octanol–water partition coefficient (Wildman–Crippen LogP) is -1.26. The first-order valence-corrected chi connectivity index (χ1v) is 3.75. The summed E-state index contributed by atoms with van der Waals surface area (Å²) in [6, 6.07) is 0. The van der Waals surface area contributed by atoms with Gasteiger partial charge in [-0.05, 0) is 0 Å². The Morgan fingerprint density at radius 2 is 2.09 bits per heavy atom. The zero-order valence-corrected chi connectivity index (χ0v) is 6.47. The molecule has 4 nitrogen and oxygen atoms in total. The minimum atomic E-state index is -0.760. The third-order valence-corrected chi connectivity index (χ3v) is 2.19. The highest BCUT2D eigenvalue weighted by Crippen LogP contribution is 2.20. The molecular weight excluding hydrogens is 148 g/mol. The van der Waals surface area contributed by atoms with Crippen LogP contribution in [0.5, 0.6) is 0 Å². The highest BCUT2D eigenvalue weighted by molar-refractivity contribution is 4.83. The summed E-state index contributed by atoms with van der Waals surface area (Å²) in [5, 5.41) is 27.3. The first-order valence-electron chi connectivity index (χ1n) is 3.75. The second-order valence-electron chi connectivity index (χ2n) is 2.97. The zero-order chi connectivity index (χ0) is 8.43. The van der Waals surface area contributed by atoms with E-state index < -0.39 is 18.3 Å². The minimum Gasteiger partial charge on any atom is -0.394 e. The van der Waals surface area contributed by atoms with Gasteiger partial charge in [-0.2, -0.15) is 0 Å². The van der Waals surface area contributed by atoms with E-state index >= 15 is 0 Å². The van der Waals surface area contributed by atoms with Gasteiger partial charge in [0, 0.05) is 5.92 Å². The van der Waals surface area contributed by atoms with Gasteiger partial charge < -0.3 is 20.1 Å². The number of ether oxygens (including phenoxy) is 1. The average Bonchev–Trinajstić information content (AvgIpc) is 2.01. The molecule has 0 aromatic heterocycles. The van der Waals surface area contributed by atoms with Crippen molar-refractivity contribution in [2.75, 3.05) is 13.2 Å². The number of aliphatic hydroxyl groups is 3. The van der Waals surface area contributed by atoms with Crippen LogP contribution in [0.3, 0.4) is 0 Å². The van der Waals surface area contributed by atoms with Crippen LogP contribution >= 0.6 is 0 Å². The van der Waals surface area contributed by atoms with E-state index in [1.54, 1.807) is 6.92 Å². The molecule has 0 bridgehead atoms. The lowest BCUT2D eigenvalue weighted by atomic mass is 9.92. The third-order valence-electron chi connectivity index (χ3n) is 2.19. The first kappa shape index (κ1) is 8.93. The molecule has 4 atom stereocenters. The molecule has 11 heavy (non-hydrogen) atoms. The second kappa shape index (κ2) is 3.49. The van der Waals surface area contributed by atoms with E-state index in [0.717, 1.165) is 0 Å². The molecule has 3 N–H and O–H groups in total. The third kappa shape index (κ3) is 1.70. The van der Waals surface area contributed by atoms with Crippen LogP contribution in [-0.2, 0) is 4.74 Å². The fraction of sp³-hybridized carbons (Fsp3) is 1.00. The smallest absolute Gasteiger partial charge is 0.107 e. The molecule has 1 heterocycles. The molecule has 0 amide bonds. The molecule has 2 unspecified atom stereocenters. The van der Waals surface area contributed by atoms with Crippen molar-refractivity contribution in [1.82, 2.24) is 0 Å². The van der Waals surface area contributed by atoms with E-state index in [9.17, 15) is 10.2 Å². The molecule has 0 aliphatic carbocycles. The van der Waals surface area contributed by atoms with Gasteiger partial charge in [-0.1, -0.05) is 6.92 Å². The zero-order valence-electron chi connectivity index (χ0n) is 6.47. The minimum absolute atomic E-state index is 0.196. The van der Waals surface area contributed by atoms with Crippen LogP contribution in [0, 0.1) is 5.92 Å². The Balaban J connectivity index is 2.52. The molecular formula is C7H14O4. The predicted molar refractivity (Wildman–Crippen MR) is 38.0 cm³/mol. The number of hydrogen-bond acceptors (Lipinski definition) is 4. The molecule has 0 spiro atoms. The van der Waals surface area contributed by atoms with Crippen molar-refractivity contribution in [2.45, 2.75) is 25.2 Å². The Bertz CT molecular complexity index is 126. The molecule has 1 aliphatic rings. The fourth-order valence-electron chi connectivity index (χ4n) is 1.20. The average molecular weight is 162 g/mol. The first-order chi connectivity index (χ1) is 5.16. The molecule has 1 saturated heterocycles. The monoisotopic (exact) mass is 162 g/mol. The van der Waals surface area contributed by atoms with E-state index in [2.05, 4.69) is 0 Å². The van der Waals surface area contributed by atoms with Crippen LogP contribution in [0.1, 0.15) is 6.92 Å². The maximum Gasteiger partial charge on any atom is 0.107 e. The Kier molecular flexibility index (Phi) is 2.84. The quantitative estimate of drug-likeness (QED) is 0.450. The summed E-state index contributed by atoms with van der Waals surface area (Å²) in [6.07, 6.45) is -1.91. The Hall–Kier alpha value is -0.160. The summed E-state index contributed by atoms with van der Waals surface area (Å²) in [6.45, 7) is 1.74. The molecule has 1 aliphatic heterocycles. The highest BCUT2D eigenvalue weighted by atomic mass is 16.5. The van der Waals surface area contributed by atoms with Crippen molar-refractivity contribution in [3.63, 3.8) is 0 Å². The second-order valence-corrected chi connectivity index (χ2v) is 2.97. The summed E-state index contributed by atoms with van der Waals surface area (Å²) in [5.41, 5.74) is 0. The summed E-state index contributed by atoms with van der Waals surface area (Å²) < 4.78 is 4.97. The van der Waals surface area contributed by atoms with Crippen molar-refractivity contribution >= 4 is 0 Å². The molecule has 1 rings (SSSR count). The Morgan fingerprint density at radius 1 is 1.45 bits per heavy atom. The maximum absolute atomic E-state index is 9.36. The fourth-order valence-corrected chi connectivity index (χ4v) is 1.20. The largest absolute Gasteiger partial charge is 0.394 e. The number of rotatable bonds is 1. The van der Waals surface area contributed by atoms with Gasteiger partial charge in [-0.15, -0.1) is 0 Å². The van der Waals surface area contributed by atoms with Gasteiger partial charge in [0.2, 0.25) is 0 Å². The van der Waals surface area contributed by atoms with Crippen LogP contribution in [-0.4, -0.2) is 46.8 Å². The van der Waals surface area contributed by atoms with E-state index in [1.165, 1.54) is 0 Å². The molecule has 0 aromatic carbocycles. The van der Waals surface area contributed by atoms with Gasteiger partial charge in [0.15, 0.2) is 0 Å². The van der Waals surface area contributed by atoms with E-state index in [4.69, 9.17) is 9.84 Å². The maximum atomic E-state index is 9.36. The lowest BCUT2D eigenvalue weighted by Crippen LogP contribution is -2.49. The van der Waals surface area contributed by atoms with Crippen LogP contribution < -0.4 is 0 Å². The van der Waals surface area contributed by atoms with Gasteiger partial charge in [0.25, 0.3) is 0 Å². The SMILES string of the molecule is C[C@H]1C(O)COC(CO)[C@H]1O. The summed E-state index contributed by atoms with van der Waals surface area (Å²) in [5.74, 6) is -0.221. The van der Waals surface area contributed by atoms with Gasteiger partial charge >= 0.3 is 0 Å². The summed E-state index contributed by atoms with van der Waals surface area (Å²) in [7, 11) is 0. The summed E-state index contributed by atoms with van der Waals surface area (Å²) >= 11 is 0. The van der Waals surface area contributed by atoms with Crippen molar-refractivity contribution < 1.29 is 20.1 Å². The van der Waals surface area contributed by atoms with Gasteiger partial charge in [0.1, 0.15) is 6.10 Å².